The monoisotopic (exact) mass is 342 g/mol. The Hall–Kier alpha value is -1.97. The molecule has 0 atom stereocenters. The summed E-state index contributed by atoms with van der Waals surface area (Å²) in [4.78, 5) is 22.3. The maximum absolute atomic E-state index is 12.4. The number of nitrogens with one attached hydrogen (secondary N) is 1. The number of rotatable bonds is 6. The number of sulfonamides is 1. The minimum Gasteiger partial charge on any atom is -0.481 e. The number of carbonyl (C=O) groups is 2. The number of carboxylic acids is 1. The summed E-state index contributed by atoms with van der Waals surface area (Å²) in [5.74, 6) is -1.45. The van der Waals surface area contributed by atoms with Crippen molar-refractivity contribution in [2.75, 3.05) is 32.8 Å². The zero-order valence-electron chi connectivity index (χ0n) is 12.4. The second-order valence-electron chi connectivity index (χ2n) is 4.94. The van der Waals surface area contributed by atoms with Crippen LogP contribution < -0.4 is 5.32 Å². The van der Waals surface area contributed by atoms with Crippen LogP contribution in [0.5, 0.6) is 0 Å². The molecule has 0 aromatic heterocycles. The van der Waals surface area contributed by atoms with Gasteiger partial charge in [-0.15, -0.1) is 0 Å². The van der Waals surface area contributed by atoms with E-state index in [1.807, 2.05) is 0 Å². The number of benzene rings is 1. The van der Waals surface area contributed by atoms with Crippen molar-refractivity contribution >= 4 is 21.9 Å². The topological polar surface area (TPSA) is 113 Å². The molecular weight excluding hydrogens is 324 g/mol. The standard InChI is InChI=1S/C14H18N2O6S/c17-13(18)5-6-15-14(19)11-1-3-12(4-2-11)23(20,21)16-7-9-22-10-8-16/h1-4H,5-10H2,(H,15,19)(H,17,18). The molecule has 0 saturated carbocycles. The Balaban J connectivity index is 2.03. The second-order valence-corrected chi connectivity index (χ2v) is 6.88. The van der Waals surface area contributed by atoms with E-state index < -0.39 is 21.9 Å². The second kappa shape index (κ2) is 7.53. The van der Waals surface area contributed by atoms with Gasteiger partial charge in [-0.1, -0.05) is 0 Å². The Morgan fingerprint density at radius 2 is 1.78 bits per heavy atom. The molecule has 23 heavy (non-hydrogen) atoms. The molecule has 1 saturated heterocycles. The van der Waals surface area contributed by atoms with E-state index in [9.17, 15) is 18.0 Å². The summed E-state index contributed by atoms with van der Waals surface area (Å²) in [6, 6.07) is 5.56. The van der Waals surface area contributed by atoms with Crippen molar-refractivity contribution in [1.29, 1.82) is 0 Å². The number of carboxylic acid groups (broad SMARTS) is 1. The van der Waals surface area contributed by atoms with Crippen LogP contribution in [0, 0.1) is 0 Å². The van der Waals surface area contributed by atoms with Gasteiger partial charge >= 0.3 is 5.97 Å². The van der Waals surface area contributed by atoms with Crippen molar-refractivity contribution in [2.45, 2.75) is 11.3 Å². The van der Waals surface area contributed by atoms with Crippen LogP contribution in [0.3, 0.4) is 0 Å². The molecule has 1 amide bonds. The van der Waals surface area contributed by atoms with Crippen molar-refractivity contribution in [1.82, 2.24) is 9.62 Å². The maximum atomic E-state index is 12.4. The number of hydrogen-bond acceptors (Lipinski definition) is 5. The summed E-state index contributed by atoms with van der Waals surface area (Å²) >= 11 is 0. The van der Waals surface area contributed by atoms with Crippen molar-refractivity contribution < 1.29 is 27.9 Å². The Morgan fingerprint density at radius 1 is 1.17 bits per heavy atom. The van der Waals surface area contributed by atoms with Crippen LogP contribution in [0.15, 0.2) is 29.2 Å². The molecule has 1 aromatic carbocycles. The van der Waals surface area contributed by atoms with Gasteiger partial charge in [0.2, 0.25) is 10.0 Å². The van der Waals surface area contributed by atoms with E-state index in [1.54, 1.807) is 0 Å². The Bertz CT molecular complexity index is 665. The van der Waals surface area contributed by atoms with E-state index in [-0.39, 0.29) is 23.4 Å². The van der Waals surface area contributed by atoms with Gasteiger partial charge in [0.05, 0.1) is 24.5 Å². The average Bonchev–Trinajstić information content (AvgIpc) is 2.55. The molecule has 0 unspecified atom stereocenters. The summed E-state index contributed by atoms with van der Waals surface area (Å²) in [7, 11) is -3.59. The third-order valence-electron chi connectivity index (χ3n) is 3.35. The molecule has 1 fully saturated rings. The first-order valence-electron chi connectivity index (χ1n) is 7.09. The number of nitrogens with zero attached hydrogens (tertiary/aromatic N) is 1. The maximum Gasteiger partial charge on any atom is 0.305 e. The number of ether oxygens (including phenoxy) is 1. The fraction of sp³-hybridized carbons (Fsp3) is 0.429. The molecule has 9 heteroatoms. The molecule has 1 aromatic rings. The van der Waals surface area contributed by atoms with Gasteiger partial charge in [-0.3, -0.25) is 9.59 Å². The van der Waals surface area contributed by atoms with E-state index >= 15 is 0 Å². The highest BCUT2D eigenvalue weighted by atomic mass is 32.2. The zero-order valence-corrected chi connectivity index (χ0v) is 13.2. The Labute approximate surface area is 134 Å². The van der Waals surface area contributed by atoms with Gasteiger partial charge in [0.1, 0.15) is 0 Å². The van der Waals surface area contributed by atoms with E-state index in [2.05, 4.69) is 5.32 Å². The number of aliphatic carboxylic acids is 1. The van der Waals surface area contributed by atoms with Crippen LogP contribution in [0.1, 0.15) is 16.8 Å². The molecule has 1 aliphatic heterocycles. The van der Waals surface area contributed by atoms with E-state index in [1.165, 1.54) is 28.6 Å². The van der Waals surface area contributed by atoms with Crippen LogP contribution in [-0.4, -0.2) is 62.6 Å². The SMILES string of the molecule is O=C(O)CCNC(=O)c1ccc(S(=O)(=O)N2CCOCC2)cc1. The van der Waals surface area contributed by atoms with E-state index in [0.29, 0.717) is 26.3 Å². The third kappa shape index (κ3) is 4.50. The van der Waals surface area contributed by atoms with Crippen LogP contribution >= 0.6 is 0 Å². The van der Waals surface area contributed by atoms with Crippen LogP contribution in [-0.2, 0) is 19.6 Å². The fourth-order valence-electron chi connectivity index (χ4n) is 2.10. The van der Waals surface area contributed by atoms with Gasteiger partial charge < -0.3 is 15.2 Å². The molecule has 1 aliphatic rings. The molecule has 0 bridgehead atoms. The Kier molecular flexibility index (Phi) is 5.69. The van der Waals surface area contributed by atoms with Gasteiger partial charge in [0, 0.05) is 25.2 Å². The quantitative estimate of drug-likeness (QED) is 0.747. The van der Waals surface area contributed by atoms with Crippen molar-refractivity contribution in [3.63, 3.8) is 0 Å². The van der Waals surface area contributed by atoms with Gasteiger partial charge in [0.25, 0.3) is 5.91 Å². The number of carbonyl (C=O) groups excluding carboxylic acids is 1. The molecule has 0 aliphatic carbocycles. The molecule has 0 radical (unpaired) electrons. The average molecular weight is 342 g/mol. The largest absolute Gasteiger partial charge is 0.481 e. The zero-order chi connectivity index (χ0) is 16.9. The lowest BCUT2D eigenvalue weighted by molar-refractivity contribution is -0.136. The number of morpholine rings is 1. The van der Waals surface area contributed by atoms with E-state index in [4.69, 9.17) is 9.84 Å². The molecule has 2 rings (SSSR count). The first-order valence-corrected chi connectivity index (χ1v) is 8.53. The fourth-order valence-corrected chi connectivity index (χ4v) is 3.51. The van der Waals surface area contributed by atoms with Crippen LogP contribution in [0.2, 0.25) is 0 Å². The molecular formula is C14H18N2O6S. The minimum absolute atomic E-state index is 0.0159. The highest BCUT2D eigenvalue weighted by Crippen LogP contribution is 2.17. The summed E-state index contributed by atoms with van der Waals surface area (Å²) in [6.45, 7) is 1.36. The molecule has 0 spiro atoms. The lowest BCUT2D eigenvalue weighted by Crippen LogP contribution is -2.40. The first-order chi connectivity index (χ1) is 10.9. The number of amides is 1. The highest BCUT2D eigenvalue weighted by molar-refractivity contribution is 7.89. The summed E-state index contributed by atoms with van der Waals surface area (Å²) in [6.07, 6.45) is -0.171. The van der Waals surface area contributed by atoms with Gasteiger partial charge in [0.15, 0.2) is 0 Å². The summed E-state index contributed by atoms with van der Waals surface area (Å²) in [5.41, 5.74) is 0.274. The van der Waals surface area contributed by atoms with Crippen LogP contribution in [0.25, 0.3) is 0 Å². The predicted octanol–water partition coefficient (Wildman–Crippen LogP) is -0.0880. The lowest BCUT2D eigenvalue weighted by Gasteiger charge is -2.26. The molecule has 126 valence electrons. The molecule has 2 N–H and O–H groups in total. The molecule has 1 heterocycles. The predicted molar refractivity (Wildman–Crippen MR) is 80.6 cm³/mol. The van der Waals surface area contributed by atoms with E-state index in [0.717, 1.165) is 0 Å². The smallest absolute Gasteiger partial charge is 0.305 e. The van der Waals surface area contributed by atoms with Crippen molar-refractivity contribution in [3.05, 3.63) is 29.8 Å². The van der Waals surface area contributed by atoms with Crippen molar-refractivity contribution in [3.8, 4) is 0 Å². The lowest BCUT2D eigenvalue weighted by atomic mass is 10.2. The van der Waals surface area contributed by atoms with Gasteiger partial charge in [-0.2, -0.15) is 4.31 Å². The van der Waals surface area contributed by atoms with Crippen LogP contribution in [0.4, 0.5) is 0 Å². The number of hydrogen-bond donors (Lipinski definition) is 2. The van der Waals surface area contributed by atoms with Gasteiger partial charge in [-0.05, 0) is 24.3 Å². The first kappa shape index (κ1) is 17.4. The Morgan fingerprint density at radius 3 is 2.35 bits per heavy atom. The normalized spacial score (nSPS) is 16.0. The summed E-state index contributed by atoms with van der Waals surface area (Å²) in [5, 5.41) is 11.0. The van der Waals surface area contributed by atoms with Crippen molar-refractivity contribution in [2.24, 2.45) is 0 Å². The molecule has 8 nitrogen and oxygen atoms in total. The summed E-state index contributed by atoms with van der Waals surface area (Å²) < 4.78 is 31.3. The third-order valence-corrected chi connectivity index (χ3v) is 5.26. The highest BCUT2D eigenvalue weighted by Gasteiger charge is 2.26. The van der Waals surface area contributed by atoms with Gasteiger partial charge in [-0.25, -0.2) is 8.42 Å². The minimum atomic E-state index is -3.59.